The van der Waals surface area contributed by atoms with Crippen LogP contribution in [0.15, 0.2) is 16.1 Å². The average Bonchev–Trinajstić information content (AvgIpc) is 3.30. The summed E-state index contributed by atoms with van der Waals surface area (Å²) >= 11 is 0. The molecule has 0 spiro atoms. The molecule has 0 bridgehead atoms. The summed E-state index contributed by atoms with van der Waals surface area (Å²) in [5, 5.41) is 19.3. The molecular formula is C19H30N6O4. The molecule has 10 heteroatoms. The molecule has 1 aliphatic rings. The molecule has 0 saturated carbocycles. The van der Waals surface area contributed by atoms with Gasteiger partial charge >= 0.3 is 0 Å². The van der Waals surface area contributed by atoms with Gasteiger partial charge in [0.1, 0.15) is 12.3 Å². The van der Waals surface area contributed by atoms with Crippen molar-refractivity contribution < 1.29 is 14.9 Å². The fourth-order valence-corrected chi connectivity index (χ4v) is 3.32. The van der Waals surface area contributed by atoms with E-state index in [0.29, 0.717) is 5.65 Å². The Morgan fingerprint density at radius 1 is 1.38 bits per heavy atom. The molecule has 1 saturated heterocycles. The number of nitrogens with zero attached hydrogens (tertiary/aromatic N) is 5. The Hall–Kier alpha value is -2.30. The third-order valence-electron chi connectivity index (χ3n) is 5.06. The monoisotopic (exact) mass is 406 g/mol. The number of aliphatic imine (C=N–C) groups is 1. The van der Waals surface area contributed by atoms with Crippen molar-refractivity contribution >= 4 is 23.5 Å². The van der Waals surface area contributed by atoms with E-state index in [1.165, 1.54) is 6.33 Å². The predicted octanol–water partition coefficient (Wildman–Crippen LogP) is 1.32. The molecule has 29 heavy (non-hydrogen) atoms. The van der Waals surface area contributed by atoms with Gasteiger partial charge < -0.3 is 19.8 Å². The number of aromatic nitrogens is 4. The zero-order chi connectivity index (χ0) is 20.8. The maximum Gasteiger partial charge on any atom is 0.280 e. The molecule has 0 aliphatic carbocycles. The first-order valence-corrected chi connectivity index (χ1v) is 10.3. The fourth-order valence-electron chi connectivity index (χ4n) is 3.32. The lowest BCUT2D eigenvalue weighted by Crippen LogP contribution is -2.24. The number of aliphatic hydroxyl groups is 2. The second-order valence-corrected chi connectivity index (χ2v) is 7.32. The summed E-state index contributed by atoms with van der Waals surface area (Å²) in [4.78, 5) is 30.2. The quantitative estimate of drug-likeness (QED) is 0.401. The largest absolute Gasteiger partial charge is 0.394 e. The molecule has 0 unspecified atom stereocenters. The number of nitrogens with one attached hydrogen (secondary N) is 1. The van der Waals surface area contributed by atoms with Crippen LogP contribution in [-0.4, -0.2) is 72.9 Å². The van der Waals surface area contributed by atoms with Crippen LogP contribution in [-0.2, 0) is 4.74 Å². The zero-order valence-electron chi connectivity index (χ0n) is 17.0. The number of rotatable bonds is 10. The van der Waals surface area contributed by atoms with Crippen LogP contribution >= 0.6 is 0 Å². The molecule has 3 atom stereocenters. The third kappa shape index (κ3) is 5.01. The molecule has 3 rings (SSSR count). The summed E-state index contributed by atoms with van der Waals surface area (Å²) < 4.78 is 7.27. The minimum atomic E-state index is -0.785. The van der Waals surface area contributed by atoms with E-state index in [1.54, 1.807) is 10.9 Å². The summed E-state index contributed by atoms with van der Waals surface area (Å²) in [5.41, 5.74) is 0.139. The maximum atomic E-state index is 12.4. The topological polar surface area (TPSA) is 129 Å². The second kappa shape index (κ2) is 9.95. The van der Waals surface area contributed by atoms with Crippen LogP contribution in [0.4, 0.5) is 5.95 Å². The van der Waals surface area contributed by atoms with Crippen molar-refractivity contribution in [2.45, 2.75) is 64.4 Å². The average molecular weight is 406 g/mol. The standard InChI is InChI=1S/C19H30N6O4/c1-3-5-7-24(8-6-4-2)11-21-19-22-17-16(18(28)23-19)20-12-25(17)15-9-13(27)14(10-26)29-15/h11-15,26-27H,3-10H2,1-2H3,(H,22,23,28)/b21-11+/t13-,14+,15+/m0/s1. The van der Waals surface area contributed by atoms with Gasteiger partial charge in [0.15, 0.2) is 11.2 Å². The van der Waals surface area contributed by atoms with Crippen molar-refractivity contribution in [3.8, 4) is 0 Å². The number of hydrogen-bond donors (Lipinski definition) is 3. The number of aliphatic hydroxyl groups excluding tert-OH is 2. The Morgan fingerprint density at radius 3 is 2.72 bits per heavy atom. The summed E-state index contributed by atoms with van der Waals surface area (Å²) in [6.45, 7) is 5.82. The van der Waals surface area contributed by atoms with Gasteiger partial charge in [0.2, 0.25) is 5.95 Å². The Balaban J connectivity index is 1.85. The zero-order valence-corrected chi connectivity index (χ0v) is 17.0. The van der Waals surface area contributed by atoms with E-state index >= 15 is 0 Å². The number of aromatic amines is 1. The summed E-state index contributed by atoms with van der Waals surface area (Å²) in [5.74, 6) is 0.194. The maximum absolute atomic E-state index is 12.4. The van der Waals surface area contributed by atoms with Crippen molar-refractivity contribution in [1.82, 2.24) is 24.4 Å². The molecule has 10 nitrogen and oxygen atoms in total. The van der Waals surface area contributed by atoms with E-state index in [2.05, 4.69) is 38.7 Å². The molecule has 160 valence electrons. The molecule has 3 heterocycles. The van der Waals surface area contributed by atoms with Crippen LogP contribution in [0.25, 0.3) is 11.2 Å². The first-order valence-electron chi connectivity index (χ1n) is 10.3. The highest BCUT2D eigenvalue weighted by molar-refractivity contribution is 5.71. The van der Waals surface area contributed by atoms with E-state index in [0.717, 1.165) is 38.8 Å². The highest BCUT2D eigenvalue weighted by Crippen LogP contribution is 2.30. The van der Waals surface area contributed by atoms with Crippen molar-refractivity contribution in [1.29, 1.82) is 0 Å². The van der Waals surface area contributed by atoms with Gasteiger partial charge in [-0.2, -0.15) is 4.98 Å². The van der Waals surface area contributed by atoms with E-state index in [9.17, 15) is 15.0 Å². The Bertz CT molecular complexity index is 871. The van der Waals surface area contributed by atoms with E-state index in [1.807, 2.05) is 0 Å². The molecule has 0 aromatic carbocycles. The normalized spacial score (nSPS) is 22.1. The van der Waals surface area contributed by atoms with Crippen LogP contribution in [0.2, 0.25) is 0 Å². The summed E-state index contributed by atoms with van der Waals surface area (Å²) in [6, 6.07) is 0. The Morgan fingerprint density at radius 2 is 2.10 bits per heavy atom. The van der Waals surface area contributed by atoms with Crippen molar-refractivity contribution in [2.75, 3.05) is 19.7 Å². The minimum Gasteiger partial charge on any atom is -0.394 e. The smallest absolute Gasteiger partial charge is 0.280 e. The number of H-pyrrole nitrogens is 1. The second-order valence-electron chi connectivity index (χ2n) is 7.32. The molecule has 1 fully saturated rings. The van der Waals surface area contributed by atoms with Gasteiger partial charge in [-0.3, -0.25) is 14.3 Å². The van der Waals surface area contributed by atoms with E-state index < -0.39 is 18.4 Å². The van der Waals surface area contributed by atoms with Gasteiger partial charge in [-0.1, -0.05) is 26.7 Å². The molecule has 2 aromatic heterocycles. The highest BCUT2D eigenvalue weighted by Gasteiger charge is 2.35. The van der Waals surface area contributed by atoms with Gasteiger partial charge in [-0.05, 0) is 12.8 Å². The van der Waals surface area contributed by atoms with E-state index in [4.69, 9.17) is 4.74 Å². The Labute approximate surface area is 169 Å². The van der Waals surface area contributed by atoms with Crippen molar-refractivity contribution in [3.05, 3.63) is 16.7 Å². The minimum absolute atomic E-state index is 0.184. The van der Waals surface area contributed by atoms with Crippen molar-refractivity contribution in [3.63, 3.8) is 0 Å². The Kier molecular flexibility index (Phi) is 7.34. The lowest BCUT2D eigenvalue weighted by atomic mass is 10.2. The first-order chi connectivity index (χ1) is 14.1. The van der Waals surface area contributed by atoms with E-state index in [-0.39, 0.29) is 30.1 Å². The van der Waals surface area contributed by atoms with Gasteiger partial charge in [0.05, 0.1) is 25.4 Å². The molecule has 0 amide bonds. The van der Waals surface area contributed by atoms with Crippen molar-refractivity contribution in [2.24, 2.45) is 4.99 Å². The molecular weight excluding hydrogens is 376 g/mol. The summed E-state index contributed by atoms with van der Waals surface area (Å²) in [7, 11) is 0. The number of imidazole rings is 1. The molecule has 0 radical (unpaired) electrons. The van der Waals surface area contributed by atoms with Crippen LogP contribution in [0, 0.1) is 0 Å². The van der Waals surface area contributed by atoms with Gasteiger partial charge in [0, 0.05) is 19.5 Å². The number of fused-ring (bicyclic) bond motifs is 1. The highest BCUT2D eigenvalue weighted by atomic mass is 16.5. The number of unbranched alkanes of at least 4 members (excludes halogenated alkanes) is 2. The van der Waals surface area contributed by atoms with Crippen LogP contribution < -0.4 is 5.56 Å². The lowest BCUT2D eigenvalue weighted by molar-refractivity contribution is -0.0432. The molecule has 2 aromatic rings. The number of ether oxygens (including phenoxy) is 1. The number of hydrogen-bond acceptors (Lipinski definition) is 7. The van der Waals surface area contributed by atoms with Crippen LogP contribution in [0.1, 0.15) is 52.2 Å². The summed E-state index contributed by atoms with van der Waals surface area (Å²) in [6.07, 6.45) is 5.81. The van der Waals surface area contributed by atoms with Gasteiger partial charge in [-0.15, -0.1) is 0 Å². The van der Waals surface area contributed by atoms with Crippen LogP contribution in [0.5, 0.6) is 0 Å². The van der Waals surface area contributed by atoms with Crippen LogP contribution in [0.3, 0.4) is 0 Å². The SMILES string of the molecule is CCCCN(/C=N/c1nc2c(ncn2[C@H]2C[C@H](O)[C@@H](CO)O2)c(=O)[nH]1)CCCC. The van der Waals surface area contributed by atoms with Gasteiger partial charge in [-0.25, -0.2) is 9.98 Å². The molecule has 3 N–H and O–H groups in total. The fraction of sp³-hybridized carbons (Fsp3) is 0.684. The van der Waals surface area contributed by atoms with Gasteiger partial charge in [0.25, 0.3) is 5.56 Å². The first kappa shape index (κ1) is 21.4. The lowest BCUT2D eigenvalue weighted by Gasteiger charge is -2.18. The third-order valence-corrected chi connectivity index (χ3v) is 5.06. The predicted molar refractivity (Wildman–Crippen MR) is 109 cm³/mol. The molecule has 1 aliphatic heterocycles.